The maximum absolute atomic E-state index is 11.9. The van der Waals surface area contributed by atoms with Gasteiger partial charge in [-0.05, 0) is 67.6 Å². The quantitative estimate of drug-likeness (QED) is 0.408. The van der Waals surface area contributed by atoms with E-state index in [0.717, 1.165) is 28.9 Å². The molecule has 182 valence electrons. The average Bonchev–Trinajstić information content (AvgIpc) is 2.83. The number of carbonyl (C=O) groups excluding carboxylic acids is 1. The second-order valence-corrected chi connectivity index (χ2v) is 6.35. The number of methoxy groups -OCH3 is 1. The van der Waals surface area contributed by atoms with Crippen LogP contribution in [0, 0.1) is 13.8 Å². The Morgan fingerprint density at radius 3 is 1.97 bits per heavy atom. The van der Waals surface area contributed by atoms with Crippen molar-refractivity contribution >= 4 is 5.91 Å². The summed E-state index contributed by atoms with van der Waals surface area (Å²) < 4.78 is 10.9. The van der Waals surface area contributed by atoms with Crippen molar-refractivity contribution < 1.29 is 19.4 Å². The number of ether oxygens (including phenoxy) is 2. The summed E-state index contributed by atoms with van der Waals surface area (Å²) in [4.78, 5) is 11.9. The molecule has 0 atom stereocenters. The van der Waals surface area contributed by atoms with Crippen molar-refractivity contribution in [2.75, 3.05) is 20.3 Å². The molecule has 0 aliphatic carbocycles. The first-order chi connectivity index (χ1) is 15.5. The van der Waals surface area contributed by atoms with E-state index < -0.39 is 0 Å². The van der Waals surface area contributed by atoms with Gasteiger partial charge >= 0.3 is 0 Å². The molecule has 5 nitrogen and oxygen atoms in total. The van der Waals surface area contributed by atoms with Gasteiger partial charge in [0, 0.05) is 26.7 Å². The van der Waals surface area contributed by atoms with Gasteiger partial charge in [-0.15, -0.1) is 0 Å². The third kappa shape index (κ3) is 13.0. The van der Waals surface area contributed by atoms with Gasteiger partial charge in [0.1, 0.15) is 17.2 Å². The zero-order valence-electron chi connectivity index (χ0n) is 21.7. The lowest BCUT2D eigenvalue weighted by molar-refractivity contribution is -0.121. The van der Waals surface area contributed by atoms with Crippen molar-refractivity contribution in [2.24, 2.45) is 0 Å². The van der Waals surface area contributed by atoms with Crippen LogP contribution in [0.25, 0.3) is 0 Å². The minimum absolute atomic E-state index is 0.0563. The Morgan fingerprint density at radius 1 is 0.938 bits per heavy atom. The monoisotopic (exact) mass is 447 g/mol. The van der Waals surface area contributed by atoms with E-state index in [-0.39, 0.29) is 11.7 Å². The number of benzene rings is 2. The molecule has 5 heteroatoms. The minimum Gasteiger partial charge on any atom is -0.508 e. The Morgan fingerprint density at radius 2 is 1.47 bits per heavy atom. The molecule has 0 saturated carbocycles. The number of phenols is 1. The van der Waals surface area contributed by atoms with E-state index in [1.807, 2.05) is 55.4 Å². The number of aryl methyl sites for hydroxylation is 3. The molecule has 0 saturated heterocycles. The first-order valence-electron chi connectivity index (χ1n) is 11.8. The Kier molecular flexibility index (Phi) is 20.2. The normalized spacial score (nSPS) is 9.16. The summed E-state index contributed by atoms with van der Waals surface area (Å²) in [7, 11) is 1.65. The second-order valence-electron chi connectivity index (χ2n) is 6.35. The molecule has 2 aromatic carbocycles. The van der Waals surface area contributed by atoms with Gasteiger partial charge < -0.3 is 19.9 Å². The highest BCUT2D eigenvalue weighted by Gasteiger charge is 2.09. The number of nitrogens with one attached hydrogen (secondary N) is 1. The van der Waals surface area contributed by atoms with Crippen LogP contribution >= 0.6 is 0 Å². The highest BCUT2D eigenvalue weighted by molar-refractivity contribution is 5.76. The Hall–Kier alpha value is -2.53. The lowest BCUT2D eigenvalue weighted by atomic mass is 10.0. The van der Waals surface area contributed by atoms with Gasteiger partial charge in [0.05, 0.1) is 0 Å². The van der Waals surface area contributed by atoms with Gasteiger partial charge in [-0.1, -0.05) is 53.7 Å². The predicted octanol–water partition coefficient (Wildman–Crippen LogP) is 6.97. The molecule has 0 aliphatic rings. The highest BCUT2D eigenvalue weighted by atomic mass is 16.5. The Labute approximate surface area is 196 Å². The van der Waals surface area contributed by atoms with E-state index >= 15 is 0 Å². The van der Waals surface area contributed by atoms with Crippen LogP contribution in [0.3, 0.4) is 0 Å². The number of rotatable bonds is 9. The van der Waals surface area contributed by atoms with Gasteiger partial charge in [-0.2, -0.15) is 0 Å². The summed E-state index contributed by atoms with van der Waals surface area (Å²) >= 11 is 0. The molecule has 2 N–H and O–H groups in total. The van der Waals surface area contributed by atoms with Crippen LogP contribution in [0.2, 0.25) is 0 Å². The molecule has 2 rings (SSSR count). The second kappa shape index (κ2) is 20.4. The van der Waals surface area contributed by atoms with E-state index in [2.05, 4.69) is 17.4 Å². The van der Waals surface area contributed by atoms with Crippen molar-refractivity contribution in [1.82, 2.24) is 5.32 Å². The third-order valence-electron chi connectivity index (χ3n) is 4.06. The minimum atomic E-state index is 0.0563. The van der Waals surface area contributed by atoms with Gasteiger partial charge in [0.15, 0.2) is 0 Å². The summed E-state index contributed by atoms with van der Waals surface area (Å²) in [5.41, 5.74) is 3.16. The zero-order valence-corrected chi connectivity index (χ0v) is 21.7. The molecule has 0 fully saturated rings. The molecule has 2 aromatic rings. The van der Waals surface area contributed by atoms with E-state index in [1.165, 1.54) is 0 Å². The molecule has 0 unspecified atom stereocenters. The Bertz CT molecular complexity index is 704. The van der Waals surface area contributed by atoms with Crippen LogP contribution in [0.15, 0.2) is 36.4 Å². The smallest absolute Gasteiger partial charge is 0.220 e. The van der Waals surface area contributed by atoms with E-state index in [1.54, 1.807) is 31.4 Å². The molecule has 0 radical (unpaired) electrons. The first-order valence-corrected chi connectivity index (χ1v) is 11.8. The van der Waals surface area contributed by atoms with Crippen molar-refractivity contribution in [3.05, 3.63) is 53.1 Å². The van der Waals surface area contributed by atoms with E-state index in [4.69, 9.17) is 9.47 Å². The maximum atomic E-state index is 11.9. The first kappa shape index (κ1) is 31.7. The molecule has 0 aliphatic heterocycles. The molecule has 0 spiro atoms. The van der Waals surface area contributed by atoms with Crippen molar-refractivity contribution in [1.29, 1.82) is 0 Å². The maximum Gasteiger partial charge on any atom is 0.220 e. The van der Waals surface area contributed by atoms with Gasteiger partial charge in [-0.3, -0.25) is 4.79 Å². The lowest BCUT2D eigenvalue weighted by Gasteiger charge is -2.14. The number of phenolic OH excluding ortho intramolecular Hbond substituents is 1. The fourth-order valence-electron chi connectivity index (χ4n) is 2.77. The van der Waals surface area contributed by atoms with Crippen LogP contribution in [-0.4, -0.2) is 31.3 Å². The van der Waals surface area contributed by atoms with Crippen LogP contribution in [-0.2, 0) is 16.0 Å². The zero-order chi connectivity index (χ0) is 24.9. The molecule has 32 heavy (non-hydrogen) atoms. The topological polar surface area (TPSA) is 67.8 Å². The highest BCUT2D eigenvalue weighted by Crippen LogP contribution is 2.31. The summed E-state index contributed by atoms with van der Waals surface area (Å²) in [6.07, 6.45) is 1.98. The molecule has 0 heterocycles. The summed E-state index contributed by atoms with van der Waals surface area (Å²) in [5.74, 6) is 1.75. The standard InChI is InChI=1S/C21H27NO4.3C2H6/c1-15-13-17(5-10-20(24)22-11-4-12-25-3)14-16(2)21(15)26-19-8-6-18(23)7-9-19;3*1-2/h6-9,13-14,23H,4-5,10-12H2,1-3H3,(H,22,24);3*1-2H3. The van der Waals surface area contributed by atoms with Crippen LogP contribution in [0.1, 0.15) is 71.1 Å². The third-order valence-corrected chi connectivity index (χ3v) is 4.06. The predicted molar refractivity (Wildman–Crippen MR) is 136 cm³/mol. The molecule has 1 amide bonds. The largest absolute Gasteiger partial charge is 0.508 e. The number of amides is 1. The van der Waals surface area contributed by atoms with Gasteiger partial charge in [0.25, 0.3) is 0 Å². The van der Waals surface area contributed by atoms with Crippen molar-refractivity contribution in [3.63, 3.8) is 0 Å². The van der Waals surface area contributed by atoms with E-state index in [9.17, 15) is 9.90 Å². The summed E-state index contributed by atoms with van der Waals surface area (Å²) in [6.45, 7) is 17.3. The average molecular weight is 448 g/mol. The lowest BCUT2D eigenvalue weighted by Crippen LogP contribution is -2.25. The molecule has 0 aromatic heterocycles. The van der Waals surface area contributed by atoms with E-state index in [0.29, 0.717) is 31.7 Å². The van der Waals surface area contributed by atoms with Crippen LogP contribution < -0.4 is 10.1 Å². The summed E-state index contributed by atoms with van der Waals surface area (Å²) in [6, 6.07) is 10.8. The van der Waals surface area contributed by atoms with Crippen LogP contribution in [0.4, 0.5) is 0 Å². The fraction of sp³-hybridized carbons (Fsp3) is 0.519. The molecular weight excluding hydrogens is 402 g/mol. The SMILES string of the molecule is CC.CC.CC.COCCCNC(=O)CCc1cc(C)c(Oc2ccc(O)cc2)c(C)c1. The molecular formula is C27H45NO4. The number of aromatic hydroxyl groups is 1. The van der Waals surface area contributed by atoms with Crippen molar-refractivity contribution in [2.45, 2.75) is 74.7 Å². The molecule has 0 bridgehead atoms. The fourth-order valence-corrected chi connectivity index (χ4v) is 2.77. The van der Waals surface area contributed by atoms with Gasteiger partial charge in [-0.25, -0.2) is 0 Å². The Balaban J connectivity index is 0. The number of carbonyl (C=O) groups is 1. The number of hydrogen-bond donors (Lipinski definition) is 2. The number of hydrogen-bond acceptors (Lipinski definition) is 4. The van der Waals surface area contributed by atoms with Crippen LogP contribution in [0.5, 0.6) is 17.2 Å². The summed E-state index contributed by atoms with van der Waals surface area (Å²) in [5, 5.41) is 12.3. The van der Waals surface area contributed by atoms with Gasteiger partial charge in [0.2, 0.25) is 5.91 Å². The van der Waals surface area contributed by atoms with Crippen molar-refractivity contribution in [3.8, 4) is 17.2 Å².